The second kappa shape index (κ2) is 6.60. The maximum absolute atomic E-state index is 3.23. The minimum Gasteiger partial charge on any atom is -0.388 e. The number of likely N-dealkylation sites (tertiary alicyclic amines) is 1. The van der Waals surface area contributed by atoms with E-state index in [1.54, 1.807) is 0 Å². The van der Waals surface area contributed by atoms with E-state index in [2.05, 4.69) is 71.7 Å². The molecule has 0 aromatic heterocycles. The number of rotatable bonds is 4. The first-order valence-electron chi connectivity index (χ1n) is 9.31. The van der Waals surface area contributed by atoms with Crippen molar-refractivity contribution in [2.45, 2.75) is 25.8 Å². The molecule has 1 saturated carbocycles. The van der Waals surface area contributed by atoms with Gasteiger partial charge in [0.15, 0.2) is 0 Å². The van der Waals surface area contributed by atoms with Crippen LogP contribution in [0, 0.1) is 17.8 Å². The average Bonchev–Trinajstić information content (AvgIpc) is 3.14. The van der Waals surface area contributed by atoms with E-state index in [0.717, 1.165) is 17.8 Å². The Balaban J connectivity index is 1.64. The van der Waals surface area contributed by atoms with Crippen molar-refractivity contribution in [2.24, 2.45) is 17.8 Å². The topological polar surface area (TPSA) is 15.3 Å². The van der Waals surface area contributed by atoms with E-state index >= 15 is 0 Å². The number of nitrogens with zero attached hydrogens (tertiary/aromatic N) is 1. The van der Waals surface area contributed by atoms with Gasteiger partial charge in [-0.2, -0.15) is 0 Å². The summed E-state index contributed by atoms with van der Waals surface area (Å²) in [5.41, 5.74) is 4.01. The second-order valence-electron chi connectivity index (χ2n) is 7.74. The van der Waals surface area contributed by atoms with Crippen molar-refractivity contribution < 1.29 is 0 Å². The van der Waals surface area contributed by atoms with Crippen LogP contribution >= 0.6 is 0 Å². The quantitative estimate of drug-likeness (QED) is 0.871. The van der Waals surface area contributed by atoms with E-state index in [1.165, 1.54) is 42.7 Å². The molecular formula is C22H28N2. The van der Waals surface area contributed by atoms with Crippen molar-refractivity contribution in [3.8, 4) is 0 Å². The average molecular weight is 320 g/mol. The van der Waals surface area contributed by atoms with Gasteiger partial charge < -0.3 is 5.32 Å². The summed E-state index contributed by atoms with van der Waals surface area (Å²) >= 11 is 0. The molecule has 3 unspecified atom stereocenters. The Hall–Kier alpha value is -1.80. The fraction of sp³-hybridized carbons (Fsp3) is 0.455. The molecule has 126 valence electrons. The molecule has 2 aromatic rings. The lowest BCUT2D eigenvalue weighted by molar-refractivity contribution is 0.251. The molecule has 1 aliphatic heterocycles. The summed E-state index contributed by atoms with van der Waals surface area (Å²) < 4.78 is 0. The zero-order valence-electron chi connectivity index (χ0n) is 14.8. The molecule has 2 heteroatoms. The lowest BCUT2D eigenvalue weighted by atomic mass is 9.96. The Labute approximate surface area is 145 Å². The number of benzene rings is 2. The smallest absolute Gasteiger partial charge is 0.0602 e. The van der Waals surface area contributed by atoms with Gasteiger partial charge in [-0.05, 0) is 53.9 Å². The van der Waals surface area contributed by atoms with Gasteiger partial charge in [0.1, 0.15) is 0 Å². The fourth-order valence-electron chi connectivity index (χ4n) is 4.93. The van der Waals surface area contributed by atoms with E-state index in [9.17, 15) is 0 Å². The highest BCUT2D eigenvalue weighted by molar-refractivity contribution is 5.46. The van der Waals surface area contributed by atoms with Crippen LogP contribution in [-0.4, -0.2) is 25.0 Å². The van der Waals surface area contributed by atoms with Gasteiger partial charge in [0, 0.05) is 25.8 Å². The second-order valence-corrected chi connectivity index (χ2v) is 7.74. The predicted octanol–water partition coefficient (Wildman–Crippen LogP) is 4.80. The molecule has 4 rings (SSSR count). The molecule has 24 heavy (non-hydrogen) atoms. The molecule has 1 saturated heterocycles. The van der Waals surface area contributed by atoms with Crippen molar-refractivity contribution in [2.75, 3.05) is 25.5 Å². The summed E-state index contributed by atoms with van der Waals surface area (Å²) in [6, 6.07) is 20.4. The van der Waals surface area contributed by atoms with Crippen LogP contribution in [-0.2, 0) is 0 Å². The molecule has 0 bridgehead atoms. The standard InChI is InChI=1S/C22H28N2/c1-16-12-19-14-24(15-20(19)13-16)22(17-6-4-3-5-7-17)18-8-10-21(23-2)11-9-18/h3-11,16,19-20,22-23H,12-15H2,1-2H3. The molecule has 1 N–H and O–H groups in total. The Bertz CT molecular complexity index is 650. The largest absolute Gasteiger partial charge is 0.388 e. The van der Waals surface area contributed by atoms with Gasteiger partial charge >= 0.3 is 0 Å². The van der Waals surface area contributed by atoms with Crippen molar-refractivity contribution >= 4 is 5.69 Å². The third-order valence-electron chi connectivity index (χ3n) is 6.01. The van der Waals surface area contributed by atoms with Crippen molar-refractivity contribution in [1.82, 2.24) is 4.90 Å². The van der Waals surface area contributed by atoms with Gasteiger partial charge in [0.2, 0.25) is 0 Å². The molecule has 0 radical (unpaired) electrons. The summed E-state index contributed by atoms with van der Waals surface area (Å²) in [6.45, 7) is 4.93. The lowest BCUT2D eigenvalue weighted by Crippen LogP contribution is -2.28. The normalized spacial score (nSPS) is 27.8. The van der Waals surface area contributed by atoms with Gasteiger partial charge in [-0.25, -0.2) is 0 Å². The van der Waals surface area contributed by atoms with Crippen molar-refractivity contribution in [3.63, 3.8) is 0 Å². The van der Waals surface area contributed by atoms with Crippen LogP contribution in [0.15, 0.2) is 54.6 Å². The van der Waals surface area contributed by atoms with Crippen LogP contribution in [0.4, 0.5) is 5.69 Å². The molecule has 1 aliphatic carbocycles. The Kier molecular flexibility index (Phi) is 4.32. The molecule has 0 spiro atoms. The number of anilines is 1. The summed E-state index contributed by atoms with van der Waals surface area (Å²) in [7, 11) is 1.98. The van der Waals surface area contributed by atoms with E-state index in [0.29, 0.717) is 6.04 Å². The molecule has 1 heterocycles. The third-order valence-corrected chi connectivity index (χ3v) is 6.01. The number of hydrogen-bond acceptors (Lipinski definition) is 2. The highest BCUT2D eigenvalue weighted by Gasteiger charge is 2.41. The zero-order valence-corrected chi connectivity index (χ0v) is 14.8. The summed E-state index contributed by atoms with van der Waals surface area (Å²) in [5, 5.41) is 3.23. The SMILES string of the molecule is CNc1ccc(C(c2ccccc2)N2CC3CC(C)CC3C2)cc1. The first-order valence-corrected chi connectivity index (χ1v) is 9.31. The number of fused-ring (bicyclic) bond motifs is 1. The van der Waals surface area contributed by atoms with E-state index in [-0.39, 0.29) is 0 Å². The zero-order chi connectivity index (χ0) is 16.5. The van der Waals surface area contributed by atoms with Crippen LogP contribution in [0.2, 0.25) is 0 Å². The molecule has 2 fully saturated rings. The summed E-state index contributed by atoms with van der Waals surface area (Å²) in [5.74, 6) is 2.73. The molecule has 3 atom stereocenters. The van der Waals surface area contributed by atoms with Gasteiger partial charge in [-0.3, -0.25) is 4.90 Å². The van der Waals surface area contributed by atoms with Gasteiger partial charge in [-0.15, -0.1) is 0 Å². The van der Waals surface area contributed by atoms with Crippen LogP contribution < -0.4 is 5.32 Å². The Morgan fingerprint density at radius 2 is 1.46 bits per heavy atom. The van der Waals surface area contributed by atoms with Crippen LogP contribution in [0.1, 0.15) is 36.9 Å². The van der Waals surface area contributed by atoms with Crippen molar-refractivity contribution in [1.29, 1.82) is 0 Å². The third kappa shape index (κ3) is 2.95. The van der Waals surface area contributed by atoms with E-state index in [4.69, 9.17) is 0 Å². The van der Waals surface area contributed by atoms with Crippen LogP contribution in [0.3, 0.4) is 0 Å². The van der Waals surface area contributed by atoms with Gasteiger partial charge in [0.25, 0.3) is 0 Å². The maximum atomic E-state index is 3.23. The first-order chi connectivity index (χ1) is 11.7. The highest BCUT2D eigenvalue weighted by Crippen LogP contribution is 2.45. The summed E-state index contributed by atoms with van der Waals surface area (Å²) in [4.78, 5) is 2.73. The first kappa shape index (κ1) is 15.7. The number of nitrogens with one attached hydrogen (secondary N) is 1. The predicted molar refractivity (Wildman–Crippen MR) is 101 cm³/mol. The van der Waals surface area contributed by atoms with E-state index in [1.807, 2.05) is 7.05 Å². The minimum atomic E-state index is 0.387. The number of hydrogen-bond donors (Lipinski definition) is 1. The molecule has 2 nitrogen and oxygen atoms in total. The van der Waals surface area contributed by atoms with Crippen molar-refractivity contribution in [3.05, 3.63) is 65.7 Å². The fourth-order valence-corrected chi connectivity index (χ4v) is 4.93. The van der Waals surface area contributed by atoms with Gasteiger partial charge in [0.05, 0.1) is 6.04 Å². The molecular weight excluding hydrogens is 292 g/mol. The summed E-state index contributed by atoms with van der Waals surface area (Å²) in [6.07, 6.45) is 2.84. The minimum absolute atomic E-state index is 0.387. The Morgan fingerprint density at radius 1 is 0.875 bits per heavy atom. The van der Waals surface area contributed by atoms with Crippen LogP contribution in [0.5, 0.6) is 0 Å². The van der Waals surface area contributed by atoms with Crippen LogP contribution in [0.25, 0.3) is 0 Å². The van der Waals surface area contributed by atoms with Gasteiger partial charge in [-0.1, -0.05) is 49.4 Å². The monoisotopic (exact) mass is 320 g/mol. The molecule has 2 aliphatic rings. The molecule has 2 aromatic carbocycles. The lowest BCUT2D eigenvalue weighted by Gasteiger charge is -2.30. The Morgan fingerprint density at radius 3 is 2.04 bits per heavy atom. The van der Waals surface area contributed by atoms with E-state index < -0.39 is 0 Å². The highest BCUT2D eigenvalue weighted by atomic mass is 15.2. The maximum Gasteiger partial charge on any atom is 0.0602 e. The molecule has 0 amide bonds.